The van der Waals surface area contributed by atoms with E-state index < -0.39 is 17.6 Å². The zero-order chi connectivity index (χ0) is 23.9. The molecule has 0 atom stereocenters. The molecule has 0 radical (unpaired) electrons. The molecule has 0 bridgehead atoms. The lowest BCUT2D eigenvalue weighted by atomic mass is 9.68. The summed E-state index contributed by atoms with van der Waals surface area (Å²) >= 11 is 0. The molecule has 1 aromatic heterocycles. The summed E-state index contributed by atoms with van der Waals surface area (Å²) < 4.78 is 27.5. The van der Waals surface area contributed by atoms with E-state index in [1.807, 2.05) is 13.8 Å². The SMILES string of the molecule is CC(C)c1cc(C(C)(C)C)c(C(C)(C)C)cc1C(C)(C)/C(=C\N)c1nc(F)nc(F)n1. The van der Waals surface area contributed by atoms with Crippen LogP contribution in [0.15, 0.2) is 18.3 Å². The number of aromatic nitrogens is 3. The first-order valence-corrected chi connectivity index (χ1v) is 10.7. The Labute approximate surface area is 185 Å². The first-order valence-electron chi connectivity index (χ1n) is 10.7. The van der Waals surface area contributed by atoms with Gasteiger partial charge in [-0.1, -0.05) is 81.4 Å². The summed E-state index contributed by atoms with van der Waals surface area (Å²) in [5.74, 6) is 0.139. The molecule has 0 fully saturated rings. The fourth-order valence-electron chi connectivity index (χ4n) is 4.03. The molecule has 1 aromatic carbocycles. The number of nitrogens with two attached hydrogens (primary N) is 1. The van der Waals surface area contributed by atoms with Crippen molar-refractivity contribution in [3.63, 3.8) is 0 Å². The Morgan fingerprint density at radius 2 is 1.26 bits per heavy atom. The lowest BCUT2D eigenvalue weighted by Crippen LogP contribution is -2.28. The molecule has 0 spiro atoms. The Hall–Kier alpha value is -2.37. The molecular weight excluding hydrogens is 394 g/mol. The lowest BCUT2D eigenvalue weighted by molar-refractivity contribution is 0.449. The van der Waals surface area contributed by atoms with Crippen molar-refractivity contribution in [2.45, 2.75) is 91.4 Å². The average Bonchev–Trinajstić information content (AvgIpc) is 2.58. The minimum atomic E-state index is -1.17. The topological polar surface area (TPSA) is 64.7 Å². The Kier molecular flexibility index (Phi) is 6.65. The van der Waals surface area contributed by atoms with Gasteiger partial charge in [0.05, 0.1) is 0 Å². The van der Waals surface area contributed by atoms with Crippen LogP contribution in [0.2, 0.25) is 0 Å². The van der Waals surface area contributed by atoms with Gasteiger partial charge in [0, 0.05) is 17.2 Å². The minimum Gasteiger partial charge on any atom is -0.404 e. The van der Waals surface area contributed by atoms with Crippen LogP contribution in [0, 0.1) is 12.2 Å². The number of allylic oxidation sites excluding steroid dienone is 1. The van der Waals surface area contributed by atoms with Crippen LogP contribution in [0.1, 0.15) is 103 Å². The molecule has 6 heteroatoms. The van der Waals surface area contributed by atoms with Crippen LogP contribution in [0.4, 0.5) is 8.78 Å². The van der Waals surface area contributed by atoms with Gasteiger partial charge >= 0.3 is 12.2 Å². The monoisotopic (exact) mass is 430 g/mol. The number of nitrogens with zero attached hydrogens (tertiary/aromatic N) is 3. The highest BCUT2D eigenvalue weighted by molar-refractivity contribution is 5.71. The van der Waals surface area contributed by atoms with Gasteiger partial charge in [-0.25, -0.2) is 0 Å². The molecule has 0 aliphatic heterocycles. The van der Waals surface area contributed by atoms with Gasteiger partial charge in [0.2, 0.25) is 0 Å². The molecule has 2 N–H and O–H groups in total. The molecular formula is C25H36F2N4. The predicted octanol–water partition coefficient (Wildman–Crippen LogP) is 6.15. The third-order valence-electron chi connectivity index (χ3n) is 5.76. The summed E-state index contributed by atoms with van der Waals surface area (Å²) in [5, 5.41) is 0. The molecule has 1 heterocycles. The van der Waals surface area contributed by atoms with Crippen LogP contribution in [-0.2, 0) is 16.2 Å². The van der Waals surface area contributed by atoms with Gasteiger partial charge in [0.15, 0.2) is 5.82 Å². The second-order valence-corrected chi connectivity index (χ2v) is 11.0. The summed E-state index contributed by atoms with van der Waals surface area (Å²) in [6.45, 7) is 21.5. The van der Waals surface area contributed by atoms with Crippen molar-refractivity contribution in [3.05, 3.63) is 58.6 Å². The normalized spacial score (nSPS) is 13.8. The maximum absolute atomic E-state index is 13.8. The highest BCUT2D eigenvalue weighted by atomic mass is 19.1. The smallest absolute Gasteiger partial charge is 0.314 e. The van der Waals surface area contributed by atoms with E-state index in [-0.39, 0.29) is 22.6 Å². The van der Waals surface area contributed by atoms with Crippen LogP contribution in [0.3, 0.4) is 0 Å². The Morgan fingerprint density at radius 3 is 1.65 bits per heavy atom. The van der Waals surface area contributed by atoms with E-state index in [0.717, 1.165) is 11.1 Å². The third-order valence-corrected chi connectivity index (χ3v) is 5.76. The number of halogens is 2. The molecule has 31 heavy (non-hydrogen) atoms. The van der Waals surface area contributed by atoms with Gasteiger partial charge in [0.25, 0.3) is 0 Å². The maximum atomic E-state index is 13.8. The second-order valence-electron chi connectivity index (χ2n) is 11.0. The zero-order valence-electron chi connectivity index (χ0n) is 20.5. The summed E-state index contributed by atoms with van der Waals surface area (Å²) in [6.07, 6.45) is -0.993. The van der Waals surface area contributed by atoms with Crippen molar-refractivity contribution in [2.75, 3.05) is 0 Å². The molecule has 4 nitrogen and oxygen atoms in total. The van der Waals surface area contributed by atoms with Crippen molar-refractivity contribution in [3.8, 4) is 0 Å². The van der Waals surface area contributed by atoms with Gasteiger partial charge < -0.3 is 5.73 Å². The first kappa shape index (κ1) is 24.9. The van der Waals surface area contributed by atoms with E-state index in [4.69, 9.17) is 5.73 Å². The van der Waals surface area contributed by atoms with Crippen molar-refractivity contribution in [2.24, 2.45) is 5.73 Å². The Morgan fingerprint density at radius 1 is 0.806 bits per heavy atom. The van der Waals surface area contributed by atoms with E-state index >= 15 is 0 Å². The van der Waals surface area contributed by atoms with Crippen molar-refractivity contribution >= 4 is 5.57 Å². The van der Waals surface area contributed by atoms with Gasteiger partial charge in [0.1, 0.15) is 0 Å². The lowest BCUT2D eigenvalue weighted by Gasteiger charge is -2.37. The molecule has 2 aromatic rings. The molecule has 0 aliphatic carbocycles. The van der Waals surface area contributed by atoms with Gasteiger partial charge in [-0.2, -0.15) is 23.7 Å². The third kappa shape index (κ3) is 5.10. The van der Waals surface area contributed by atoms with E-state index in [0.29, 0.717) is 5.57 Å². The predicted molar refractivity (Wildman–Crippen MR) is 123 cm³/mol. The molecule has 0 amide bonds. The largest absolute Gasteiger partial charge is 0.404 e. The molecule has 0 aliphatic rings. The van der Waals surface area contributed by atoms with E-state index in [1.54, 1.807) is 0 Å². The van der Waals surface area contributed by atoms with E-state index in [9.17, 15) is 8.78 Å². The average molecular weight is 431 g/mol. The Balaban J connectivity index is 2.88. The van der Waals surface area contributed by atoms with Crippen LogP contribution in [0.5, 0.6) is 0 Å². The fraction of sp³-hybridized carbons (Fsp3) is 0.560. The van der Waals surface area contributed by atoms with Crippen LogP contribution in [-0.4, -0.2) is 15.0 Å². The number of benzene rings is 1. The molecule has 0 unspecified atom stereocenters. The summed E-state index contributed by atoms with van der Waals surface area (Å²) in [4.78, 5) is 10.5. The summed E-state index contributed by atoms with van der Waals surface area (Å²) in [5.41, 5.74) is 10.3. The summed E-state index contributed by atoms with van der Waals surface area (Å²) in [6, 6.07) is 4.51. The van der Waals surface area contributed by atoms with Crippen molar-refractivity contribution in [1.82, 2.24) is 15.0 Å². The zero-order valence-corrected chi connectivity index (χ0v) is 20.5. The molecule has 0 saturated carbocycles. The minimum absolute atomic E-state index is 0.0398. The van der Waals surface area contributed by atoms with E-state index in [2.05, 4.69) is 82.5 Å². The van der Waals surface area contributed by atoms with Gasteiger partial charge in [-0.15, -0.1) is 0 Å². The van der Waals surface area contributed by atoms with Gasteiger partial charge in [-0.05, 0) is 39.0 Å². The van der Waals surface area contributed by atoms with E-state index in [1.165, 1.54) is 17.3 Å². The molecule has 170 valence electrons. The number of hydrogen-bond acceptors (Lipinski definition) is 4. The number of rotatable bonds is 4. The maximum Gasteiger partial charge on any atom is 0.314 e. The highest BCUT2D eigenvalue weighted by Gasteiger charge is 2.35. The fourth-order valence-corrected chi connectivity index (χ4v) is 4.03. The highest BCUT2D eigenvalue weighted by Crippen LogP contribution is 2.44. The van der Waals surface area contributed by atoms with Crippen LogP contribution in [0.25, 0.3) is 5.57 Å². The standard InChI is InChI=1S/C25H36F2N4/c1-14(2)15-11-17(23(3,4)5)18(24(6,7)8)12-16(15)25(9,10)19(13-28)20-29-21(26)31-22(27)30-20/h11-14H,28H2,1-10H3/b19-13-. The van der Waals surface area contributed by atoms with Gasteiger partial charge in [-0.3, -0.25) is 0 Å². The molecule has 2 rings (SSSR count). The Bertz CT molecular complexity index is 974. The van der Waals surface area contributed by atoms with Crippen molar-refractivity contribution < 1.29 is 8.78 Å². The second kappa shape index (κ2) is 8.29. The number of hydrogen-bond donors (Lipinski definition) is 1. The first-order chi connectivity index (χ1) is 14.0. The summed E-state index contributed by atoms with van der Waals surface area (Å²) in [7, 11) is 0. The van der Waals surface area contributed by atoms with Crippen LogP contribution >= 0.6 is 0 Å². The van der Waals surface area contributed by atoms with Crippen molar-refractivity contribution in [1.29, 1.82) is 0 Å². The quantitative estimate of drug-likeness (QED) is 0.632. The van der Waals surface area contributed by atoms with Crippen LogP contribution < -0.4 is 5.73 Å². The molecule has 0 saturated heterocycles.